The molecule has 1 aromatic carbocycles. The Hall–Kier alpha value is -0.530. The molecule has 1 aromatic rings. The lowest BCUT2D eigenvalue weighted by atomic mass is 9.64. The number of hydrogen-bond donors (Lipinski definition) is 1. The Morgan fingerprint density at radius 1 is 1.13 bits per heavy atom. The van der Waals surface area contributed by atoms with Crippen LogP contribution < -0.4 is 5.32 Å². The molecule has 0 aliphatic heterocycles. The number of benzene rings is 1. The predicted molar refractivity (Wildman–Crippen MR) is 65.9 cm³/mol. The SMILES string of the molecule is CN[C@H]1C[C@@H]2CC[C@H]1c1ccccc12.Cl. The molecule has 0 heterocycles. The maximum atomic E-state index is 3.48. The standard InChI is InChI=1S/C13H17N.ClH/c1-14-13-8-9-6-7-12(13)11-5-3-2-4-10(9)11;/h2-5,9,12-14H,6-8H2,1H3;1H/t9-,12-,13-;/m0./s1. The van der Waals surface area contributed by atoms with Gasteiger partial charge in [-0.05, 0) is 49.3 Å². The molecule has 0 radical (unpaired) electrons. The first-order valence-electron chi connectivity index (χ1n) is 5.66. The maximum absolute atomic E-state index is 3.48. The van der Waals surface area contributed by atoms with E-state index in [1.54, 1.807) is 11.1 Å². The zero-order valence-corrected chi connectivity index (χ0v) is 9.89. The van der Waals surface area contributed by atoms with Gasteiger partial charge in [0.2, 0.25) is 0 Å². The van der Waals surface area contributed by atoms with Crippen LogP contribution in [-0.4, -0.2) is 13.1 Å². The third kappa shape index (κ3) is 1.58. The van der Waals surface area contributed by atoms with Crippen LogP contribution in [-0.2, 0) is 0 Å². The summed E-state index contributed by atoms with van der Waals surface area (Å²) in [5.41, 5.74) is 3.25. The molecule has 0 aromatic heterocycles. The second-order valence-corrected chi connectivity index (χ2v) is 4.64. The first-order valence-corrected chi connectivity index (χ1v) is 5.66. The third-order valence-electron chi connectivity index (χ3n) is 4.06. The molecule has 3 aliphatic carbocycles. The van der Waals surface area contributed by atoms with Crippen molar-refractivity contribution in [3.63, 3.8) is 0 Å². The maximum Gasteiger partial charge on any atom is 0.0139 e. The molecule has 1 fully saturated rings. The summed E-state index contributed by atoms with van der Waals surface area (Å²) in [6, 6.07) is 9.76. The van der Waals surface area contributed by atoms with Crippen LogP contribution in [0.4, 0.5) is 0 Å². The second kappa shape index (κ2) is 4.15. The van der Waals surface area contributed by atoms with Gasteiger partial charge in [0.05, 0.1) is 0 Å². The average molecular weight is 224 g/mol. The van der Waals surface area contributed by atoms with Crippen molar-refractivity contribution < 1.29 is 0 Å². The van der Waals surface area contributed by atoms with E-state index in [-0.39, 0.29) is 12.4 Å². The van der Waals surface area contributed by atoms with Crippen LogP contribution in [0.15, 0.2) is 24.3 Å². The van der Waals surface area contributed by atoms with Crippen LogP contribution in [0.3, 0.4) is 0 Å². The molecule has 0 saturated heterocycles. The Kier molecular flexibility index (Phi) is 3.03. The van der Waals surface area contributed by atoms with E-state index in [9.17, 15) is 0 Å². The largest absolute Gasteiger partial charge is 0.316 e. The van der Waals surface area contributed by atoms with E-state index in [1.165, 1.54) is 19.3 Å². The molecule has 3 aliphatic rings. The summed E-state index contributed by atoms with van der Waals surface area (Å²) in [4.78, 5) is 0. The molecule has 2 bridgehead atoms. The Balaban J connectivity index is 0.000000853. The van der Waals surface area contributed by atoms with E-state index >= 15 is 0 Å². The van der Waals surface area contributed by atoms with Gasteiger partial charge in [-0.3, -0.25) is 0 Å². The molecule has 1 N–H and O–H groups in total. The molecule has 2 heteroatoms. The minimum Gasteiger partial charge on any atom is -0.316 e. The van der Waals surface area contributed by atoms with Gasteiger partial charge in [0, 0.05) is 6.04 Å². The first-order chi connectivity index (χ1) is 6.90. The lowest BCUT2D eigenvalue weighted by Gasteiger charge is -2.44. The number of halogens is 1. The van der Waals surface area contributed by atoms with Crippen molar-refractivity contribution in [2.75, 3.05) is 7.05 Å². The molecule has 1 saturated carbocycles. The Labute approximate surface area is 97.7 Å². The molecule has 15 heavy (non-hydrogen) atoms. The second-order valence-electron chi connectivity index (χ2n) is 4.64. The average Bonchev–Trinajstić information content (AvgIpc) is 2.30. The number of likely N-dealkylation sites (N-methyl/N-ethyl adjacent to an activating group) is 1. The number of fused-ring (bicyclic) bond motifs is 2. The fourth-order valence-corrected chi connectivity index (χ4v) is 3.36. The fourth-order valence-electron chi connectivity index (χ4n) is 3.36. The summed E-state index contributed by atoms with van der Waals surface area (Å²) < 4.78 is 0. The van der Waals surface area contributed by atoms with Crippen LogP contribution >= 0.6 is 12.4 Å². The summed E-state index contributed by atoms with van der Waals surface area (Å²) in [5, 5.41) is 3.48. The number of nitrogens with one attached hydrogen (secondary N) is 1. The van der Waals surface area contributed by atoms with Crippen LogP contribution in [0.25, 0.3) is 0 Å². The van der Waals surface area contributed by atoms with Crippen molar-refractivity contribution in [2.45, 2.75) is 37.1 Å². The quantitative estimate of drug-likeness (QED) is 0.772. The fraction of sp³-hybridized carbons (Fsp3) is 0.538. The number of rotatable bonds is 1. The smallest absolute Gasteiger partial charge is 0.0139 e. The van der Waals surface area contributed by atoms with Crippen molar-refractivity contribution in [1.29, 1.82) is 0 Å². The molecule has 3 atom stereocenters. The van der Waals surface area contributed by atoms with Crippen molar-refractivity contribution >= 4 is 12.4 Å². The van der Waals surface area contributed by atoms with E-state index in [2.05, 4.69) is 36.6 Å². The van der Waals surface area contributed by atoms with Gasteiger partial charge in [-0.2, -0.15) is 0 Å². The Morgan fingerprint density at radius 3 is 2.60 bits per heavy atom. The van der Waals surface area contributed by atoms with Crippen molar-refractivity contribution in [1.82, 2.24) is 5.32 Å². The van der Waals surface area contributed by atoms with Crippen LogP contribution in [0.5, 0.6) is 0 Å². The normalized spacial score (nSPS) is 31.9. The lowest BCUT2D eigenvalue weighted by Crippen LogP contribution is -2.41. The highest BCUT2D eigenvalue weighted by Crippen LogP contribution is 2.48. The minimum atomic E-state index is 0. The summed E-state index contributed by atoms with van der Waals surface area (Å²) in [6.07, 6.45) is 4.13. The van der Waals surface area contributed by atoms with Gasteiger partial charge < -0.3 is 5.32 Å². The zero-order valence-electron chi connectivity index (χ0n) is 9.07. The molecule has 0 amide bonds. The molecular formula is C13H18ClN. The minimum absolute atomic E-state index is 0. The van der Waals surface area contributed by atoms with E-state index in [4.69, 9.17) is 0 Å². The highest BCUT2D eigenvalue weighted by atomic mass is 35.5. The van der Waals surface area contributed by atoms with Crippen LogP contribution in [0.1, 0.15) is 42.2 Å². The van der Waals surface area contributed by atoms with Gasteiger partial charge in [-0.1, -0.05) is 24.3 Å². The molecule has 0 unspecified atom stereocenters. The van der Waals surface area contributed by atoms with Crippen LogP contribution in [0, 0.1) is 0 Å². The lowest BCUT2D eigenvalue weighted by molar-refractivity contribution is 0.283. The molecule has 4 rings (SSSR count). The van der Waals surface area contributed by atoms with Crippen molar-refractivity contribution in [3.8, 4) is 0 Å². The van der Waals surface area contributed by atoms with Gasteiger partial charge in [-0.25, -0.2) is 0 Å². The van der Waals surface area contributed by atoms with Crippen molar-refractivity contribution in [3.05, 3.63) is 35.4 Å². The number of hydrogen-bond acceptors (Lipinski definition) is 1. The van der Waals surface area contributed by atoms with Gasteiger partial charge in [0.1, 0.15) is 0 Å². The van der Waals surface area contributed by atoms with Crippen molar-refractivity contribution in [2.24, 2.45) is 0 Å². The highest BCUT2D eigenvalue weighted by molar-refractivity contribution is 5.85. The summed E-state index contributed by atoms with van der Waals surface area (Å²) in [5.74, 6) is 1.61. The molecule has 82 valence electrons. The molecule has 1 nitrogen and oxygen atoms in total. The van der Waals surface area contributed by atoms with Crippen LogP contribution in [0.2, 0.25) is 0 Å². The summed E-state index contributed by atoms with van der Waals surface area (Å²) in [7, 11) is 2.11. The summed E-state index contributed by atoms with van der Waals surface area (Å²) in [6.45, 7) is 0. The monoisotopic (exact) mass is 223 g/mol. The van der Waals surface area contributed by atoms with E-state index < -0.39 is 0 Å². The van der Waals surface area contributed by atoms with E-state index in [1.807, 2.05) is 0 Å². The van der Waals surface area contributed by atoms with Gasteiger partial charge >= 0.3 is 0 Å². The van der Waals surface area contributed by atoms with E-state index in [0.717, 1.165) is 17.9 Å². The molecular weight excluding hydrogens is 206 g/mol. The highest BCUT2D eigenvalue weighted by Gasteiger charge is 2.38. The Bertz CT molecular complexity index is 350. The van der Waals surface area contributed by atoms with Gasteiger partial charge in [-0.15, -0.1) is 12.4 Å². The molecule has 0 spiro atoms. The van der Waals surface area contributed by atoms with Gasteiger partial charge in [0.25, 0.3) is 0 Å². The zero-order chi connectivity index (χ0) is 9.54. The van der Waals surface area contributed by atoms with Gasteiger partial charge in [0.15, 0.2) is 0 Å². The Morgan fingerprint density at radius 2 is 1.87 bits per heavy atom. The summed E-state index contributed by atoms with van der Waals surface area (Å²) >= 11 is 0. The third-order valence-corrected chi connectivity index (χ3v) is 4.06. The predicted octanol–water partition coefficient (Wildman–Crippen LogP) is 3.06. The van der Waals surface area contributed by atoms with E-state index in [0.29, 0.717) is 0 Å². The topological polar surface area (TPSA) is 12.0 Å². The first kappa shape index (κ1) is 11.0.